The van der Waals surface area contributed by atoms with E-state index in [4.69, 9.17) is 0 Å². The number of piperidine rings is 1. The molecule has 3 rings (SSSR count). The lowest BCUT2D eigenvalue weighted by Gasteiger charge is -2.33. The second-order valence-electron chi connectivity index (χ2n) is 6.80. The number of hydrogen-bond acceptors (Lipinski definition) is 5. The summed E-state index contributed by atoms with van der Waals surface area (Å²) in [6.45, 7) is 4.28. The number of aryl methyl sites for hydroxylation is 1. The lowest BCUT2D eigenvalue weighted by atomic mass is 9.95. The van der Waals surface area contributed by atoms with E-state index < -0.39 is 0 Å². The Morgan fingerprint density at radius 3 is 2.63 bits per heavy atom. The third kappa shape index (κ3) is 7.14. The highest BCUT2D eigenvalue weighted by Gasteiger charge is 2.28. The second kappa shape index (κ2) is 11.7. The van der Waals surface area contributed by atoms with Gasteiger partial charge in [-0.05, 0) is 31.4 Å². The summed E-state index contributed by atoms with van der Waals surface area (Å²) in [5.74, 6) is 2.90. The molecule has 2 aliphatic rings. The molecule has 0 spiro atoms. The van der Waals surface area contributed by atoms with Gasteiger partial charge in [0.1, 0.15) is 5.82 Å². The predicted molar refractivity (Wildman–Crippen MR) is 115 cm³/mol. The van der Waals surface area contributed by atoms with Crippen LogP contribution in [0.4, 0.5) is 5.82 Å². The molecule has 6 nitrogen and oxygen atoms in total. The molecule has 1 atom stereocenters. The van der Waals surface area contributed by atoms with E-state index in [1.54, 1.807) is 6.20 Å². The SMILES string of the molecule is Cc1ccc(NC(=O)C2CCN(C(=O)CC3CSCCN3)CC2)nc1.Cl.Cl. The fourth-order valence-electron chi connectivity index (χ4n) is 3.25. The van der Waals surface area contributed by atoms with Gasteiger partial charge in [-0.3, -0.25) is 9.59 Å². The van der Waals surface area contributed by atoms with Gasteiger partial charge in [-0.2, -0.15) is 11.8 Å². The lowest BCUT2D eigenvalue weighted by molar-refractivity contribution is -0.134. The van der Waals surface area contributed by atoms with Gasteiger partial charge in [0.05, 0.1) is 0 Å². The molecule has 1 unspecified atom stereocenters. The molecular weight excluding hydrogens is 407 g/mol. The highest BCUT2D eigenvalue weighted by atomic mass is 35.5. The van der Waals surface area contributed by atoms with Crippen LogP contribution in [-0.2, 0) is 9.59 Å². The minimum atomic E-state index is -0.0458. The number of carbonyl (C=O) groups is 2. The maximum Gasteiger partial charge on any atom is 0.228 e. The standard InChI is InChI=1S/C18H26N4O2S.2ClH/c1-13-2-3-16(20-11-13)21-18(24)14-4-7-22(8-5-14)17(23)10-15-12-25-9-6-19-15;;/h2-3,11,14-15,19H,4-10,12H2,1H3,(H,20,21,24);2*1H. The zero-order chi connectivity index (χ0) is 17.6. The quantitative estimate of drug-likeness (QED) is 0.761. The fourth-order valence-corrected chi connectivity index (χ4v) is 4.20. The van der Waals surface area contributed by atoms with Gasteiger partial charge in [-0.1, -0.05) is 6.07 Å². The van der Waals surface area contributed by atoms with E-state index in [2.05, 4.69) is 15.6 Å². The largest absolute Gasteiger partial charge is 0.343 e. The van der Waals surface area contributed by atoms with Gasteiger partial charge in [0.25, 0.3) is 0 Å². The number of pyridine rings is 1. The molecule has 0 bridgehead atoms. The van der Waals surface area contributed by atoms with Gasteiger partial charge >= 0.3 is 0 Å². The number of nitrogens with zero attached hydrogens (tertiary/aromatic N) is 2. The number of thioether (sulfide) groups is 1. The number of halogens is 2. The first-order chi connectivity index (χ1) is 12.1. The minimum Gasteiger partial charge on any atom is -0.343 e. The van der Waals surface area contributed by atoms with Crippen LogP contribution in [0.5, 0.6) is 0 Å². The highest BCUT2D eigenvalue weighted by molar-refractivity contribution is 7.99. The molecule has 2 N–H and O–H groups in total. The van der Waals surface area contributed by atoms with E-state index >= 15 is 0 Å². The van der Waals surface area contributed by atoms with Crippen LogP contribution in [0, 0.1) is 12.8 Å². The van der Waals surface area contributed by atoms with Gasteiger partial charge < -0.3 is 15.5 Å². The molecule has 9 heteroatoms. The molecule has 1 aromatic rings. The van der Waals surface area contributed by atoms with Crippen LogP contribution in [0.3, 0.4) is 0 Å². The Hall–Kier alpha value is -1.02. The maximum absolute atomic E-state index is 12.4. The van der Waals surface area contributed by atoms with Crippen molar-refractivity contribution in [3.63, 3.8) is 0 Å². The summed E-state index contributed by atoms with van der Waals surface area (Å²) >= 11 is 1.91. The highest BCUT2D eigenvalue weighted by Crippen LogP contribution is 2.20. The molecule has 27 heavy (non-hydrogen) atoms. The van der Waals surface area contributed by atoms with E-state index in [0.717, 1.165) is 36.5 Å². The Morgan fingerprint density at radius 1 is 1.30 bits per heavy atom. The van der Waals surface area contributed by atoms with E-state index in [0.29, 0.717) is 31.4 Å². The predicted octanol–water partition coefficient (Wildman–Crippen LogP) is 2.51. The van der Waals surface area contributed by atoms with Crippen LogP contribution < -0.4 is 10.6 Å². The number of likely N-dealkylation sites (tertiary alicyclic amines) is 1. The average Bonchev–Trinajstić information content (AvgIpc) is 2.64. The van der Waals surface area contributed by atoms with Crippen LogP contribution in [0.15, 0.2) is 18.3 Å². The summed E-state index contributed by atoms with van der Waals surface area (Å²) in [5, 5.41) is 6.29. The molecule has 1 aromatic heterocycles. The summed E-state index contributed by atoms with van der Waals surface area (Å²) in [7, 11) is 0. The number of hydrogen-bond donors (Lipinski definition) is 2. The van der Waals surface area contributed by atoms with Crippen LogP contribution in [0.2, 0.25) is 0 Å². The first-order valence-electron chi connectivity index (χ1n) is 8.94. The number of anilines is 1. The monoisotopic (exact) mass is 434 g/mol. The Morgan fingerprint density at radius 2 is 2.04 bits per heavy atom. The number of rotatable bonds is 4. The molecule has 0 aliphatic carbocycles. The Labute approximate surface area is 177 Å². The number of amides is 2. The first-order valence-corrected chi connectivity index (χ1v) is 10.1. The number of nitrogens with one attached hydrogen (secondary N) is 2. The van der Waals surface area contributed by atoms with E-state index in [9.17, 15) is 9.59 Å². The summed E-state index contributed by atoms with van der Waals surface area (Å²) in [5.41, 5.74) is 1.07. The van der Waals surface area contributed by atoms with Crippen molar-refractivity contribution in [2.45, 2.75) is 32.2 Å². The van der Waals surface area contributed by atoms with Crippen LogP contribution in [0.25, 0.3) is 0 Å². The molecule has 2 saturated heterocycles. The lowest BCUT2D eigenvalue weighted by Crippen LogP contribution is -2.45. The molecule has 0 aromatic carbocycles. The smallest absolute Gasteiger partial charge is 0.228 e. The average molecular weight is 435 g/mol. The summed E-state index contributed by atoms with van der Waals surface area (Å²) in [6, 6.07) is 4.04. The first kappa shape index (κ1) is 24.0. The maximum atomic E-state index is 12.4. The zero-order valence-electron chi connectivity index (χ0n) is 15.5. The van der Waals surface area contributed by atoms with Gasteiger partial charge in [0, 0.05) is 55.7 Å². The number of carbonyl (C=O) groups excluding carboxylic acids is 2. The van der Waals surface area contributed by atoms with Crippen molar-refractivity contribution < 1.29 is 9.59 Å². The van der Waals surface area contributed by atoms with E-state index in [1.807, 2.05) is 35.7 Å². The number of aromatic nitrogens is 1. The van der Waals surface area contributed by atoms with Crippen molar-refractivity contribution >= 4 is 54.2 Å². The Bertz CT molecular complexity index is 604. The third-order valence-electron chi connectivity index (χ3n) is 4.80. The van der Waals surface area contributed by atoms with Crippen LogP contribution in [-0.4, -0.2) is 58.9 Å². The molecule has 0 radical (unpaired) electrons. The van der Waals surface area contributed by atoms with Crippen LogP contribution >= 0.6 is 36.6 Å². The summed E-state index contributed by atoms with van der Waals surface area (Å²) in [4.78, 5) is 30.9. The Balaban J connectivity index is 0.00000182. The normalized spacial score (nSPS) is 20.2. The van der Waals surface area contributed by atoms with Crippen molar-refractivity contribution in [1.82, 2.24) is 15.2 Å². The third-order valence-corrected chi connectivity index (χ3v) is 5.93. The molecular formula is C18H28Cl2N4O2S. The van der Waals surface area contributed by atoms with Crippen molar-refractivity contribution in [1.29, 1.82) is 0 Å². The van der Waals surface area contributed by atoms with Crippen LogP contribution in [0.1, 0.15) is 24.8 Å². The van der Waals surface area contributed by atoms with Gasteiger partial charge in [-0.25, -0.2) is 4.98 Å². The van der Waals surface area contributed by atoms with Gasteiger partial charge in [-0.15, -0.1) is 24.8 Å². The molecule has 0 saturated carbocycles. The van der Waals surface area contributed by atoms with Gasteiger partial charge in [0.15, 0.2) is 0 Å². The van der Waals surface area contributed by atoms with Crippen molar-refractivity contribution in [2.75, 3.05) is 36.5 Å². The zero-order valence-corrected chi connectivity index (χ0v) is 17.9. The Kier molecular flexibility index (Phi) is 10.4. The van der Waals surface area contributed by atoms with E-state index in [-0.39, 0.29) is 42.5 Å². The van der Waals surface area contributed by atoms with Crippen molar-refractivity contribution in [2.24, 2.45) is 5.92 Å². The molecule has 2 fully saturated rings. The topological polar surface area (TPSA) is 74.3 Å². The summed E-state index contributed by atoms with van der Waals surface area (Å²) in [6.07, 6.45) is 3.75. The van der Waals surface area contributed by atoms with Crippen molar-refractivity contribution in [3.05, 3.63) is 23.9 Å². The molecule has 2 aliphatic heterocycles. The van der Waals surface area contributed by atoms with E-state index in [1.165, 1.54) is 0 Å². The molecule has 3 heterocycles. The molecule has 152 valence electrons. The van der Waals surface area contributed by atoms with Crippen molar-refractivity contribution in [3.8, 4) is 0 Å². The summed E-state index contributed by atoms with van der Waals surface area (Å²) < 4.78 is 0. The second-order valence-corrected chi connectivity index (χ2v) is 7.95. The van der Waals surface area contributed by atoms with Gasteiger partial charge in [0.2, 0.25) is 11.8 Å². The molecule has 2 amide bonds. The fraction of sp³-hybridized carbons (Fsp3) is 0.611. The minimum absolute atomic E-state index is 0.